The van der Waals surface area contributed by atoms with Crippen LogP contribution in [0.3, 0.4) is 0 Å². The largest absolute Gasteiger partial charge is 0.412 e. The molecule has 0 spiro atoms. The van der Waals surface area contributed by atoms with Gasteiger partial charge in [0, 0.05) is 39.3 Å². The lowest BCUT2D eigenvalue weighted by Gasteiger charge is -2.34. The van der Waals surface area contributed by atoms with Crippen LogP contribution in [0, 0.1) is 23.3 Å². The summed E-state index contributed by atoms with van der Waals surface area (Å²) in [5.41, 5.74) is 6.90. The number of ether oxygens (including phenoxy) is 2. The van der Waals surface area contributed by atoms with Crippen LogP contribution in [0.15, 0.2) is 155 Å². The number of imidazole rings is 2. The van der Waals surface area contributed by atoms with E-state index in [1.807, 2.05) is 48.5 Å². The first-order valence-electron chi connectivity index (χ1n) is 24.3. The second kappa shape index (κ2) is 26.8. The molecule has 388 valence electrons. The fraction of sp³-hybridized carbons (Fsp3) is 0.321. The minimum absolute atomic E-state index is 0. The second-order valence-corrected chi connectivity index (χ2v) is 18.2. The van der Waals surface area contributed by atoms with E-state index in [1.165, 1.54) is 48.5 Å². The monoisotopic (exact) mass is 1040 g/mol. The minimum Gasteiger partial charge on any atom is -0.412 e. The Bertz CT molecular complexity index is 2750. The number of halogens is 6. The molecule has 6 aromatic carbocycles. The number of para-hydroxylation sites is 4. The van der Waals surface area contributed by atoms with Crippen LogP contribution < -0.4 is 11.4 Å². The van der Waals surface area contributed by atoms with Gasteiger partial charge in [0.25, 0.3) is 0 Å². The Balaban J connectivity index is 0.000000229. The maximum atomic E-state index is 13.5. The molecule has 2 aromatic heterocycles. The van der Waals surface area contributed by atoms with Gasteiger partial charge in [0.2, 0.25) is 0 Å². The number of hydrogen-bond donors (Lipinski definition) is 2. The molecule has 10 rings (SSSR count). The Hall–Kier alpha value is -6.04. The third kappa shape index (κ3) is 14.6. The normalized spacial score (nSPS) is 14.7. The van der Waals surface area contributed by atoms with Crippen LogP contribution >= 0.6 is 24.8 Å². The molecule has 8 aromatic rings. The van der Waals surface area contributed by atoms with E-state index >= 15 is 0 Å². The summed E-state index contributed by atoms with van der Waals surface area (Å²) in [7, 11) is 0. The average Bonchev–Trinajstić information content (AvgIpc) is 3.88. The maximum absolute atomic E-state index is 13.5. The predicted octanol–water partition coefficient (Wildman–Crippen LogP) is 10.6. The van der Waals surface area contributed by atoms with E-state index in [2.05, 4.69) is 19.8 Å². The van der Waals surface area contributed by atoms with E-state index in [0.717, 1.165) is 122 Å². The summed E-state index contributed by atoms with van der Waals surface area (Å²) >= 11 is 0. The fourth-order valence-electron chi connectivity index (χ4n) is 9.73. The molecular weight excluding hydrogens is 984 g/mol. The molecule has 2 aliphatic rings. The minimum atomic E-state index is -0.374. The Morgan fingerprint density at radius 3 is 1.03 bits per heavy atom. The number of piperidine rings is 2. The first-order chi connectivity index (χ1) is 34.1. The lowest BCUT2D eigenvalue weighted by molar-refractivity contribution is -0.0273. The van der Waals surface area contributed by atoms with Crippen LogP contribution in [-0.4, -0.2) is 85.9 Å². The van der Waals surface area contributed by atoms with Gasteiger partial charge in [-0.05, 0) is 147 Å². The van der Waals surface area contributed by atoms with Crippen LogP contribution in [-0.2, 0) is 22.6 Å². The lowest BCUT2D eigenvalue weighted by atomic mass is 10.00. The quantitative estimate of drug-likeness (QED) is 0.0927. The molecule has 0 amide bonds. The number of benzene rings is 6. The van der Waals surface area contributed by atoms with Gasteiger partial charge in [0.05, 0.1) is 34.3 Å². The zero-order valence-electron chi connectivity index (χ0n) is 40.3. The van der Waals surface area contributed by atoms with Gasteiger partial charge in [0.15, 0.2) is 0 Å². The highest BCUT2D eigenvalue weighted by atomic mass is 35.5. The molecule has 0 aliphatic carbocycles. The summed E-state index contributed by atoms with van der Waals surface area (Å²) in [4.78, 5) is 35.2. The number of aromatic amines is 2. The molecule has 0 unspecified atom stereocenters. The number of H-pyrrole nitrogens is 2. The molecule has 0 atom stereocenters. The lowest BCUT2D eigenvalue weighted by Crippen LogP contribution is -2.38. The second-order valence-electron chi connectivity index (χ2n) is 18.2. The van der Waals surface area contributed by atoms with Gasteiger partial charge in [-0.1, -0.05) is 72.8 Å². The van der Waals surface area contributed by atoms with Crippen molar-refractivity contribution in [3.8, 4) is 0 Å². The Kier molecular flexibility index (Phi) is 20.6. The fourth-order valence-corrected chi connectivity index (χ4v) is 9.73. The van der Waals surface area contributed by atoms with E-state index in [4.69, 9.17) is 9.47 Å². The standard InChI is InChI=1S/2C28H29F2N3O2.2ClH.H2O/c2*29-22-10-6-20(7-11-22)27(21-8-12-23(30)13-9-21)35-24-14-18-32(19-15-24)16-3-17-33-26-5-2-1-4-25(26)31-28(33)34;;;/h2*1-2,4-13,24,27H,3,14-19H2,(H,31,34);2*1H;1H2. The summed E-state index contributed by atoms with van der Waals surface area (Å²) in [6.45, 7) is 6.82. The molecule has 2 aliphatic heterocycles. The molecule has 73 heavy (non-hydrogen) atoms. The highest BCUT2D eigenvalue weighted by Gasteiger charge is 2.27. The Morgan fingerprint density at radius 1 is 0.438 bits per heavy atom. The van der Waals surface area contributed by atoms with E-state index in [0.29, 0.717) is 13.1 Å². The van der Waals surface area contributed by atoms with Crippen molar-refractivity contribution in [1.29, 1.82) is 0 Å². The SMILES string of the molecule is Cl.Cl.O.O=c1[nH]c2ccccc2n1CCCN1CCC(OC(c2ccc(F)cc2)c2ccc(F)cc2)CC1.O=c1[nH]c2ccccc2n1CCCN1CCC(OC(c2ccc(F)cc2)c2ccc(F)cc2)CC1. The summed E-state index contributed by atoms with van der Waals surface area (Å²) < 4.78 is 70.5. The summed E-state index contributed by atoms with van der Waals surface area (Å²) in [5.74, 6) is -1.19. The van der Waals surface area contributed by atoms with Gasteiger partial charge < -0.3 is 34.7 Å². The maximum Gasteiger partial charge on any atom is 0.326 e. The van der Waals surface area contributed by atoms with Gasteiger partial charge in [-0.3, -0.25) is 9.13 Å². The van der Waals surface area contributed by atoms with Crippen molar-refractivity contribution >= 4 is 46.9 Å². The molecule has 2 saturated heterocycles. The van der Waals surface area contributed by atoms with E-state index < -0.39 is 0 Å². The summed E-state index contributed by atoms with van der Waals surface area (Å²) in [6, 6.07) is 40.7. The van der Waals surface area contributed by atoms with Crippen LogP contribution in [0.5, 0.6) is 0 Å². The first-order valence-corrected chi connectivity index (χ1v) is 24.3. The van der Waals surface area contributed by atoms with Crippen LogP contribution in [0.4, 0.5) is 17.6 Å². The number of nitrogens with one attached hydrogen (secondary N) is 2. The number of nitrogens with zero attached hydrogens (tertiary/aromatic N) is 4. The summed E-state index contributed by atoms with van der Waals surface area (Å²) in [6.07, 6.45) is 4.67. The number of hydrogen-bond acceptors (Lipinski definition) is 6. The number of likely N-dealkylation sites (tertiary alicyclic amines) is 2. The van der Waals surface area contributed by atoms with E-state index in [-0.39, 0.29) is 89.4 Å². The van der Waals surface area contributed by atoms with Gasteiger partial charge in [0.1, 0.15) is 35.5 Å². The van der Waals surface area contributed by atoms with Crippen molar-refractivity contribution in [3.63, 3.8) is 0 Å². The number of aryl methyl sites for hydroxylation is 2. The number of rotatable bonds is 16. The molecule has 17 heteroatoms. The highest BCUT2D eigenvalue weighted by molar-refractivity contribution is 5.85. The molecular formula is C56H62Cl2F4N6O5. The zero-order valence-corrected chi connectivity index (χ0v) is 41.9. The third-order valence-corrected chi connectivity index (χ3v) is 13.5. The molecule has 4 heterocycles. The number of fused-ring (bicyclic) bond motifs is 2. The van der Waals surface area contributed by atoms with Crippen molar-refractivity contribution in [1.82, 2.24) is 28.9 Å². The third-order valence-electron chi connectivity index (χ3n) is 13.5. The topological polar surface area (TPSA) is 132 Å². The zero-order chi connectivity index (χ0) is 48.4. The first kappa shape index (κ1) is 56.3. The van der Waals surface area contributed by atoms with Gasteiger partial charge >= 0.3 is 11.4 Å². The summed E-state index contributed by atoms with van der Waals surface area (Å²) in [5, 5.41) is 0. The Labute approximate surface area is 433 Å². The van der Waals surface area contributed by atoms with Crippen molar-refractivity contribution in [3.05, 3.63) is 212 Å². The molecule has 0 saturated carbocycles. The molecule has 0 bridgehead atoms. The average molecular weight is 1050 g/mol. The van der Waals surface area contributed by atoms with Crippen molar-refractivity contribution in [2.45, 2.75) is 76.0 Å². The van der Waals surface area contributed by atoms with Gasteiger partial charge in [-0.25, -0.2) is 27.2 Å². The molecule has 4 N–H and O–H groups in total. The van der Waals surface area contributed by atoms with Gasteiger partial charge in [-0.15, -0.1) is 24.8 Å². The van der Waals surface area contributed by atoms with Crippen molar-refractivity contribution < 1.29 is 32.5 Å². The van der Waals surface area contributed by atoms with Crippen LogP contribution in [0.25, 0.3) is 22.1 Å². The smallest absolute Gasteiger partial charge is 0.326 e. The highest BCUT2D eigenvalue weighted by Crippen LogP contribution is 2.32. The van der Waals surface area contributed by atoms with Crippen LogP contribution in [0.1, 0.15) is 73.0 Å². The van der Waals surface area contributed by atoms with Gasteiger partial charge in [-0.2, -0.15) is 0 Å². The Morgan fingerprint density at radius 2 is 0.726 bits per heavy atom. The van der Waals surface area contributed by atoms with Crippen molar-refractivity contribution in [2.75, 3.05) is 39.3 Å². The molecule has 0 radical (unpaired) electrons. The van der Waals surface area contributed by atoms with Crippen molar-refractivity contribution in [2.24, 2.45) is 0 Å². The predicted molar refractivity (Wildman–Crippen MR) is 283 cm³/mol. The van der Waals surface area contributed by atoms with Crippen LogP contribution in [0.2, 0.25) is 0 Å². The number of aromatic nitrogens is 4. The molecule has 2 fully saturated rings. The van der Waals surface area contributed by atoms with E-state index in [9.17, 15) is 27.2 Å². The molecule has 11 nitrogen and oxygen atoms in total. The van der Waals surface area contributed by atoms with E-state index in [1.54, 1.807) is 57.7 Å².